The van der Waals surface area contributed by atoms with Gasteiger partial charge in [-0.05, 0) is 75.9 Å². The molecule has 6 aromatic rings. The number of aromatic nitrogens is 7. The number of nitrogens with zero attached hydrogens (tertiary/aromatic N) is 4. The second kappa shape index (κ2) is 14.9. The highest BCUT2D eigenvalue weighted by Gasteiger charge is 2.26. The van der Waals surface area contributed by atoms with Crippen LogP contribution in [-0.2, 0) is 6.67 Å². The van der Waals surface area contributed by atoms with Crippen LogP contribution in [-0.4, -0.2) is 46.1 Å². The van der Waals surface area contributed by atoms with Crippen molar-refractivity contribution in [3.8, 4) is 0 Å². The second-order valence-electron chi connectivity index (χ2n) is 13.6. The topological polar surface area (TPSA) is 185 Å². The molecule has 0 atom stereocenters. The quantitative estimate of drug-likeness (QED) is 0.189. The number of aryl methyl sites for hydroxylation is 4. The summed E-state index contributed by atoms with van der Waals surface area (Å²) in [4.78, 5) is 82.3. The third kappa shape index (κ3) is 7.73. The van der Waals surface area contributed by atoms with Crippen molar-refractivity contribution in [2.24, 2.45) is 0 Å². The number of rotatable bonds is 8. The second-order valence-corrected chi connectivity index (χ2v) is 13.6. The number of hydrogen-bond donors (Lipinski definition) is 3. The van der Waals surface area contributed by atoms with Crippen molar-refractivity contribution in [1.29, 1.82) is 0 Å². The summed E-state index contributed by atoms with van der Waals surface area (Å²) in [7, 11) is 0. The van der Waals surface area contributed by atoms with E-state index in [0.29, 0.717) is 22.2 Å². The van der Waals surface area contributed by atoms with Crippen molar-refractivity contribution in [3.63, 3.8) is 0 Å². The average Bonchev–Trinajstić information content (AvgIpc) is 3.46. The molecule has 3 heterocycles. The number of benzene rings is 3. The van der Waals surface area contributed by atoms with E-state index >= 15 is 0 Å². The average molecular weight is 704 g/mol. The molecule has 52 heavy (non-hydrogen) atoms. The Hall–Kier alpha value is -6.24. The van der Waals surface area contributed by atoms with E-state index in [0.717, 1.165) is 27.8 Å². The lowest BCUT2D eigenvalue weighted by Gasteiger charge is -2.18. The van der Waals surface area contributed by atoms with Crippen LogP contribution in [0, 0.1) is 27.7 Å². The maximum atomic E-state index is 13.6. The molecule has 6 rings (SSSR count). The van der Waals surface area contributed by atoms with E-state index in [4.69, 9.17) is 0 Å². The van der Waals surface area contributed by atoms with Gasteiger partial charge in [0.2, 0.25) is 11.6 Å². The Balaban J connectivity index is 0.000000217. The van der Waals surface area contributed by atoms with Crippen molar-refractivity contribution in [3.05, 3.63) is 158 Å². The number of H-pyrrole nitrogens is 3. The van der Waals surface area contributed by atoms with Crippen LogP contribution in [0.15, 0.2) is 79.8 Å². The standard InChI is InChI=1S/C23H23N5O3.C16H18N2O3/c1-13(2)19-20(21(29)16-10-14(3)9-15(4)11-16)27(23(31)24-22(19)30)12-28-18-8-6-5-7-17(18)25-26-28;1-8(2)12-13(17-16(21)18-15(12)20)14(19)11-6-9(3)5-10(4)7-11/h5-11,13H,12H2,1-4H3,(H,24,30,31);5-8H,1-4H3,(H2,17,18,20,21). The fourth-order valence-electron chi connectivity index (χ4n) is 6.38. The Kier molecular flexibility index (Phi) is 10.6. The predicted molar refractivity (Wildman–Crippen MR) is 199 cm³/mol. The summed E-state index contributed by atoms with van der Waals surface area (Å²) in [5, 5.41) is 8.25. The Morgan fingerprint density at radius 3 is 1.75 bits per heavy atom. The number of ketones is 2. The molecule has 0 aliphatic heterocycles. The molecule has 3 aromatic heterocycles. The van der Waals surface area contributed by atoms with Gasteiger partial charge in [-0.2, -0.15) is 0 Å². The predicted octanol–water partition coefficient (Wildman–Crippen LogP) is 4.79. The summed E-state index contributed by atoms with van der Waals surface area (Å²) in [6, 6.07) is 18.3. The Bertz CT molecular complexity index is 2540. The van der Waals surface area contributed by atoms with Gasteiger partial charge in [0.15, 0.2) is 0 Å². The lowest BCUT2D eigenvalue weighted by molar-refractivity contribution is 0.102. The monoisotopic (exact) mass is 703 g/mol. The zero-order chi connectivity index (χ0) is 38.0. The molecule has 0 fully saturated rings. The lowest BCUT2D eigenvalue weighted by Crippen LogP contribution is -2.39. The lowest BCUT2D eigenvalue weighted by atomic mass is 9.95. The van der Waals surface area contributed by atoms with E-state index in [1.165, 1.54) is 9.25 Å². The van der Waals surface area contributed by atoms with Crippen molar-refractivity contribution in [1.82, 2.24) is 34.5 Å². The Labute approximate surface area is 298 Å². The molecule has 3 N–H and O–H groups in total. The summed E-state index contributed by atoms with van der Waals surface area (Å²) in [5.74, 6) is -1.15. The maximum Gasteiger partial charge on any atom is 0.330 e. The number of aromatic amines is 3. The largest absolute Gasteiger partial charge is 0.330 e. The maximum absolute atomic E-state index is 13.6. The first-order chi connectivity index (χ1) is 24.5. The van der Waals surface area contributed by atoms with Crippen LogP contribution in [0.5, 0.6) is 0 Å². The number of nitrogens with one attached hydrogen (secondary N) is 3. The molecule has 0 aliphatic carbocycles. The number of carbonyl (C=O) groups is 2. The first-order valence-electron chi connectivity index (χ1n) is 16.8. The smallest absolute Gasteiger partial charge is 0.304 e. The van der Waals surface area contributed by atoms with Gasteiger partial charge in [-0.25, -0.2) is 14.3 Å². The Morgan fingerprint density at radius 1 is 0.673 bits per heavy atom. The summed E-state index contributed by atoms with van der Waals surface area (Å²) in [5.41, 5.74) is 4.39. The van der Waals surface area contributed by atoms with Gasteiger partial charge in [-0.1, -0.05) is 79.4 Å². The van der Waals surface area contributed by atoms with Gasteiger partial charge in [0, 0.05) is 22.3 Å². The van der Waals surface area contributed by atoms with Crippen LogP contribution in [0.3, 0.4) is 0 Å². The van der Waals surface area contributed by atoms with Gasteiger partial charge < -0.3 is 4.98 Å². The number of para-hydroxylation sites is 1. The number of hydrogen-bond acceptors (Lipinski definition) is 8. The molecule has 268 valence electrons. The fraction of sp³-hybridized carbons (Fsp3) is 0.282. The van der Waals surface area contributed by atoms with Gasteiger partial charge in [0.05, 0.1) is 11.2 Å². The van der Waals surface area contributed by atoms with E-state index in [1.807, 2.05) is 77.9 Å². The summed E-state index contributed by atoms with van der Waals surface area (Å²) in [6.45, 7) is 14.8. The third-order valence-corrected chi connectivity index (χ3v) is 8.48. The van der Waals surface area contributed by atoms with Crippen LogP contribution in [0.1, 0.15) is 105 Å². The first kappa shape index (κ1) is 37.0. The summed E-state index contributed by atoms with van der Waals surface area (Å²) < 4.78 is 2.81. The molecule has 0 saturated heterocycles. The van der Waals surface area contributed by atoms with Crippen molar-refractivity contribution in [2.45, 2.75) is 73.9 Å². The molecule has 13 nitrogen and oxygen atoms in total. The van der Waals surface area contributed by atoms with E-state index in [-0.39, 0.29) is 47.0 Å². The van der Waals surface area contributed by atoms with Crippen LogP contribution in [0.2, 0.25) is 0 Å². The molecule has 0 bridgehead atoms. The zero-order valence-electron chi connectivity index (χ0n) is 30.4. The van der Waals surface area contributed by atoms with E-state index in [1.54, 1.807) is 38.1 Å². The third-order valence-electron chi connectivity index (χ3n) is 8.48. The van der Waals surface area contributed by atoms with E-state index < -0.39 is 22.5 Å². The molecule has 0 radical (unpaired) electrons. The highest BCUT2D eigenvalue weighted by atomic mass is 16.2. The Morgan fingerprint density at radius 2 is 1.19 bits per heavy atom. The van der Waals surface area contributed by atoms with Crippen LogP contribution < -0.4 is 22.5 Å². The molecular weight excluding hydrogens is 662 g/mol. The van der Waals surface area contributed by atoms with Gasteiger partial charge in [-0.15, -0.1) is 5.10 Å². The van der Waals surface area contributed by atoms with Crippen LogP contribution in [0.4, 0.5) is 0 Å². The fourth-order valence-corrected chi connectivity index (χ4v) is 6.38. The summed E-state index contributed by atoms with van der Waals surface area (Å²) in [6.07, 6.45) is 0. The van der Waals surface area contributed by atoms with Crippen molar-refractivity contribution < 1.29 is 9.59 Å². The zero-order valence-corrected chi connectivity index (χ0v) is 30.4. The van der Waals surface area contributed by atoms with Crippen LogP contribution in [0.25, 0.3) is 11.0 Å². The molecule has 0 amide bonds. The molecule has 3 aromatic carbocycles. The summed E-state index contributed by atoms with van der Waals surface area (Å²) >= 11 is 0. The SMILES string of the molecule is Cc1cc(C)cc(C(=O)c2[nH]c(=O)[nH]c(=O)c2C(C)C)c1.Cc1cc(C)cc(C(=O)c2c(C(C)C)c(=O)[nH]c(=O)n2Cn2nnc3ccccc32)c1. The minimum Gasteiger partial charge on any atom is -0.304 e. The highest BCUT2D eigenvalue weighted by Crippen LogP contribution is 2.21. The molecule has 0 aliphatic rings. The molecular formula is C39H41N7O6. The number of fused-ring (bicyclic) bond motifs is 1. The molecule has 0 saturated carbocycles. The van der Waals surface area contributed by atoms with Gasteiger partial charge in [-0.3, -0.25) is 33.7 Å². The van der Waals surface area contributed by atoms with Gasteiger partial charge in [0.25, 0.3) is 11.1 Å². The van der Waals surface area contributed by atoms with Crippen molar-refractivity contribution in [2.75, 3.05) is 0 Å². The van der Waals surface area contributed by atoms with E-state index in [9.17, 15) is 28.8 Å². The van der Waals surface area contributed by atoms with Gasteiger partial charge in [0.1, 0.15) is 17.9 Å². The normalized spacial score (nSPS) is 11.2. The van der Waals surface area contributed by atoms with Crippen LogP contribution >= 0.6 is 0 Å². The first-order valence-corrected chi connectivity index (χ1v) is 16.8. The molecule has 13 heteroatoms. The number of carbonyl (C=O) groups excluding carboxylic acids is 2. The van der Waals surface area contributed by atoms with E-state index in [2.05, 4.69) is 25.3 Å². The van der Waals surface area contributed by atoms with Crippen molar-refractivity contribution >= 4 is 22.6 Å². The molecule has 0 spiro atoms. The minimum absolute atomic E-state index is 0.0539. The minimum atomic E-state index is -0.669. The molecule has 0 unspecified atom stereocenters. The van der Waals surface area contributed by atoms with Gasteiger partial charge >= 0.3 is 11.4 Å². The highest BCUT2D eigenvalue weighted by molar-refractivity contribution is 6.09.